The molecule has 2 aliphatic heterocycles. The van der Waals surface area contributed by atoms with E-state index in [9.17, 15) is 14.9 Å². The summed E-state index contributed by atoms with van der Waals surface area (Å²) in [7, 11) is 0. The summed E-state index contributed by atoms with van der Waals surface area (Å²) in [5.74, 6) is 1.35. The van der Waals surface area contributed by atoms with Crippen molar-refractivity contribution in [3.05, 3.63) is 31.9 Å². The van der Waals surface area contributed by atoms with E-state index < -0.39 is 0 Å². The van der Waals surface area contributed by atoms with Crippen molar-refractivity contribution in [1.82, 2.24) is 9.47 Å². The molecule has 0 bridgehead atoms. The van der Waals surface area contributed by atoms with Crippen LogP contribution in [0.1, 0.15) is 63.6 Å². The Morgan fingerprint density at radius 3 is 2.48 bits per heavy atom. The molecule has 2 aliphatic rings. The van der Waals surface area contributed by atoms with Crippen molar-refractivity contribution in [3.8, 4) is 6.07 Å². The standard InChI is InChI=1S/C23H30N4O2S2/c1-6-15(4)27-22(29)19(31-23(27)30)12-17-16(5)18(13-24)21(28)26(7-2)20(17)25-10-8-14(3)9-11-25/h12,14-15H,6-11H2,1-5H3/b19-12-. The van der Waals surface area contributed by atoms with Gasteiger partial charge in [-0.05, 0) is 57.6 Å². The Bertz CT molecular complexity index is 1030. The summed E-state index contributed by atoms with van der Waals surface area (Å²) in [6.45, 7) is 12.1. The number of anilines is 1. The van der Waals surface area contributed by atoms with Crippen molar-refractivity contribution >= 4 is 46.1 Å². The fourth-order valence-electron chi connectivity index (χ4n) is 4.17. The molecule has 2 saturated heterocycles. The highest BCUT2D eigenvalue weighted by atomic mass is 32.2. The van der Waals surface area contributed by atoms with Gasteiger partial charge in [-0.2, -0.15) is 5.26 Å². The van der Waals surface area contributed by atoms with E-state index in [-0.39, 0.29) is 23.1 Å². The largest absolute Gasteiger partial charge is 0.357 e. The van der Waals surface area contributed by atoms with Gasteiger partial charge in [0, 0.05) is 31.2 Å². The van der Waals surface area contributed by atoms with E-state index in [4.69, 9.17) is 12.2 Å². The van der Waals surface area contributed by atoms with E-state index in [1.54, 1.807) is 16.4 Å². The van der Waals surface area contributed by atoms with Crippen LogP contribution in [-0.4, -0.2) is 38.8 Å². The number of amides is 1. The normalized spacial score (nSPS) is 19.9. The number of carbonyl (C=O) groups excluding carboxylic acids is 1. The van der Waals surface area contributed by atoms with Gasteiger partial charge in [-0.1, -0.05) is 37.8 Å². The summed E-state index contributed by atoms with van der Waals surface area (Å²) in [5.41, 5.74) is 1.27. The zero-order valence-electron chi connectivity index (χ0n) is 18.9. The third kappa shape index (κ3) is 4.31. The highest BCUT2D eigenvalue weighted by Crippen LogP contribution is 2.37. The monoisotopic (exact) mass is 458 g/mol. The number of hydrogen-bond acceptors (Lipinski definition) is 6. The number of pyridine rings is 1. The van der Waals surface area contributed by atoms with Crippen molar-refractivity contribution in [1.29, 1.82) is 5.26 Å². The van der Waals surface area contributed by atoms with E-state index in [1.165, 1.54) is 11.8 Å². The molecule has 2 fully saturated rings. The van der Waals surface area contributed by atoms with Gasteiger partial charge in [0.05, 0.1) is 4.91 Å². The first-order valence-electron chi connectivity index (χ1n) is 10.9. The molecule has 0 spiro atoms. The van der Waals surface area contributed by atoms with Gasteiger partial charge in [0.1, 0.15) is 21.8 Å². The molecule has 0 saturated carbocycles. The van der Waals surface area contributed by atoms with Gasteiger partial charge in [-0.3, -0.25) is 19.1 Å². The van der Waals surface area contributed by atoms with Crippen LogP contribution in [0.3, 0.4) is 0 Å². The molecule has 0 aromatic carbocycles. The minimum atomic E-state index is -0.263. The van der Waals surface area contributed by atoms with Gasteiger partial charge < -0.3 is 4.90 Å². The molecule has 1 atom stereocenters. The van der Waals surface area contributed by atoms with Crippen LogP contribution in [0, 0.1) is 24.2 Å². The Labute approximate surface area is 193 Å². The molecule has 31 heavy (non-hydrogen) atoms. The molecule has 3 rings (SSSR count). The summed E-state index contributed by atoms with van der Waals surface area (Å²) in [5, 5.41) is 9.68. The number of rotatable bonds is 5. The van der Waals surface area contributed by atoms with E-state index in [1.807, 2.05) is 26.8 Å². The maximum Gasteiger partial charge on any atom is 0.270 e. The Balaban J connectivity index is 2.21. The highest BCUT2D eigenvalue weighted by molar-refractivity contribution is 8.26. The summed E-state index contributed by atoms with van der Waals surface area (Å²) in [6, 6.07) is 2.12. The molecule has 1 aromatic heterocycles. The summed E-state index contributed by atoms with van der Waals surface area (Å²) >= 11 is 6.78. The second-order valence-corrected chi connectivity index (χ2v) is 10.1. The summed E-state index contributed by atoms with van der Waals surface area (Å²) < 4.78 is 2.24. The average Bonchev–Trinajstić information content (AvgIpc) is 3.03. The quantitative estimate of drug-likeness (QED) is 0.484. The van der Waals surface area contributed by atoms with Crippen LogP contribution in [-0.2, 0) is 11.3 Å². The lowest BCUT2D eigenvalue weighted by Gasteiger charge is -2.35. The van der Waals surface area contributed by atoms with Crippen molar-refractivity contribution in [2.75, 3.05) is 18.0 Å². The molecule has 0 N–H and O–H groups in total. The molecule has 8 heteroatoms. The van der Waals surface area contributed by atoms with Crippen molar-refractivity contribution in [3.63, 3.8) is 0 Å². The van der Waals surface area contributed by atoms with Crippen molar-refractivity contribution < 1.29 is 4.79 Å². The molecular formula is C23H30N4O2S2. The number of piperidine rings is 1. The smallest absolute Gasteiger partial charge is 0.270 e. The number of thioether (sulfide) groups is 1. The zero-order chi connectivity index (χ0) is 22.9. The molecule has 3 heterocycles. The molecule has 0 radical (unpaired) electrons. The molecule has 6 nitrogen and oxygen atoms in total. The second-order valence-electron chi connectivity index (χ2n) is 8.38. The van der Waals surface area contributed by atoms with Gasteiger partial charge in [0.15, 0.2) is 0 Å². The molecular weight excluding hydrogens is 428 g/mol. The van der Waals surface area contributed by atoms with Crippen LogP contribution in [0.5, 0.6) is 0 Å². The fraction of sp³-hybridized carbons (Fsp3) is 0.565. The number of thiocarbonyl (C=S) groups is 1. The van der Waals surface area contributed by atoms with E-state index >= 15 is 0 Å². The lowest BCUT2D eigenvalue weighted by atomic mass is 9.97. The lowest BCUT2D eigenvalue weighted by molar-refractivity contribution is -0.123. The fourth-order valence-corrected chi connectivity index (χ4v) is 5.62. The first-order valence-corrected chi connectivity index (χ1v) is 12.2. The number of aromatic nitrogens is 1. The predicted octanol–water partition coefficient (Wildman–Crippen LogP) is 4.28. The number of nitriles is 1. The number of carbonyl (C=O) groups is 1. The van der Waals surface area contributed by atoms with E-state index in [2.05, 4.69) is 17.9 Å². The van der Waals surface area contributed by atoms with Crippen molar-refractivity contribution in [2.24, 2.45) is 5.92 Å². The SMILES string of the molecule is CCC(C)N1C(=O)/C(=C/c2c(C)c(C#N)c(=O)n(CC)c2N2CCC(C)CC2)SC1=S. The molecule has 166 valence electrons. The molecule has 1 amide bonds. The average molecular weight is 459 g/mol. The summed E-state index contributed by atoms with van der Waals surface area (Å²) in [4.78, 5) is 30.7. The Hall–Kier alpha value is -2.11. The van der Waals surface area contributed by atoms with Gasteiger partial charge >= 0.3 is 0 Å². The third-order valence-corrected chi connectivity index (χ3v) is 7.71. The second kappa shape index (κ2) is 9.58. The van der Waals surface area contributed by atoms with Gasteiger partial charge in [-0.25, -0.2) is 0 Å². The maximum atomic E-state index is 13.1. The van der Waals surface area contributed by atoms with E-state index in [0.717, 1.165) is 43.7 Å². The number of nitrogens with zero attached hydrogens (tertiary/aromatic N) is 4. The molecule has 1 unspecified atom stereocenters. The summed E-state index contributed by atoms with van der Waals surface area (Å²) in [6.07, 6.45) is 4.76. The highest BCUT2D eigenvalue weighted by Gasteiger charge is 2.35. The molecule has 1 aromatic rings. The predicted molar refractivity (Wildman–Crippen MR) is 131 cm³/mol. The number of hydrogen-bond donors (Lipinski definition) is 0. The van der Waals surface area contributed by atoms with Gasteiger partial charge in [0.25, 0.3) is 11.5 Å². The first kappa shape index (κ1) is 23.6. The van der Waals surface area contributed by atoms with Crippen LogP contribution in [0.2, 0.25) is 0 Å². The maximum absolute atomic E-state index is 13.1. The third-order valence-electron chi connectivity index (χ3n) is 6.38. The van der Waals surface area contributed by atoms with Crippen molar-refractivity contribution in [2.45, 2.75) is 66.5 Å². The first-order chi connectivity index (χ1) is 14.7. The molecule has 0 aliphatic carbocycles. The minimum Gasteiger partial charge on any atom is -0.357 e. The Kier molecular flexibility index (Phi) is 7.28. The Morgan fingerprint density at radius 1 is 1.29 bits per heavy atom. The Morgan fingerprint density at radius 2 is 1.94 bits per heavy atom. The van der Waals surface area contributed by atoms with Crippen LogP contribution >= 0.6 is 24.0 Å². The van der Waals surface area contributed by atoms with Gasteiger partial charge in [-0.15, -0.1) is 0 Å². The lowest BCUT2D eigenvalue weighted by Crippen LogP contribution is -2.39. The minimum absolute atomic E-state index is 0.0295. The van der Waals surface area contributed by atoms with Crippen LogP contribution < -0.4 is 10.5 Å². The zero-order valence-corrected chi connectivity index (χ0v) is 20.5. The van der Waals surface area contributed by atoms with Crippen LogP contribution in [0.15, 0.2) is 9.70 Å². The van der Waals surface area contributed by atoms with E-state index in [0.29, 0.717) is 27.3 Å². The van der Waals surface area contributed by atoms with Gasteiger partial charge in [0.2, 0.25) is 0 Å². The van der Waals surface area contributed by atoms with Crippen LogP contribution in [0.4, 0.5) is 5.82 Å². The van der Waals surface area contributed by atoms with Crippen LogP contribution in [0.25, 0.3) is 6.08 Å². The topological polar surface area (TPSA) is 69.3 Å².